The Balaban J connectivity index is 2.30. The topological polar surface area (TPSA) is 17.1 Å². The Labute approximate surface area is 99.0 Å². The Morgan fingerprint density at radius 2 is 2.13 bits per heavy atom. The maximum atomic E-state index is 11.5. The summed E-state index contributed by atoms with van der Waals surface area (Å²) in [6.07, 6.45) is 1.76. The summed E-state index contributed by atoms with van der Waals surface area (Å²) in [5.74, 6) is 1.03. The number of halogens is 1. The fourth-order valence-corrected chi connectivity index (χ4v) is 2.69. The van der Waals surface area contributed by atoms with E-state index in [4.69, 9.17) is 0 Å². The summed E-state index contributed by atoms with van der Waals surface area (Å²) in [6, 6.07) is 6.43. The van der Waals surface area contributed by atoms with E-state index in [1.165, 1.54) is 11.1 Å². The van der Waals surface area contributed by atoms with Crippen LogP contribution in [-0.2, 0) is 4.79 Å². The number of ketones is 1. The standard InChI is InChI=1S/C13H15BrO/c1-8-3-4-10(7-12(8)14)11-5-6-13(15)9(11)2/h3-4,7,9,11H,5-6H2,1-2H3. The van der Waals surface area contributed by atoms with Gasteiger partial charge >= 0.3 is 0 Å². The van der Waals surface area contributed by atoms with Crippen LogP contribution in [0.5, 0.6) is 0 Å². The Morgan fingerprint density at radius 3 is 2.67 bits per heavy atom. The summed E-state index contributed by atoms with van der Waals surface area (Å²) in [6.45, 7) is 4.13. The molecule has 1 aliphatic rings. The molecule has 1 fully saturated rings. The fourth-order valence-electron chi connectivity index (χ4n) is 2.29. The van der Waals surface area contributed by atoms with Crippen LogP contribution in [0.3, 0.4) is 0 Å². The molecule has 2 unspecified atom stereocenters. The number of Topliss-reactive ketones (excluding diaryl/α,β-unsaturated/α-hetero) is 1. The molecule has 80 valence electrons. The van der Waals surface area contributed by atoms with Crippen molar-refractivity contribution < 1.29 is 4.79 Å². The lowest BCUT2D eigenvalue weighted by atomic mass is 9.89. The summed E-state index contributed by atoms with van der Waals surface area (Å²) in [4.78, 5) is 11.5. The van der Waals surface area contributed by atoms with E-state index < -0.39 is 0 Å². The maximum absolute atomic E-state index is 11.5. The first-order chi connectivity index (χ1) is 7.09. The summed E-state index contributed by atoms with van der Waals surface area (Å²) in [7, 11) is 0. The monoisotopic (exact) mass is 266 g/mol. The molecule has 1 aliphatic carbocycles. The van der Waals surface area contributed by atoms with Crippen molar-refractivity contribution in [3.63, 3.8) is 0 Å². The van der Waals surface area contributed by atoms with E-state index in [-0.39, 0.29) is 5.92 Å². The molecule has 1 nitrogen and oxygen atoms in total. The lowest BCUT2D eigenvalue weighted by Crippen LogP contribution is -2.08. The van der Waals surface area contributed by atoms with E-state index in [1.807, 2.05) is 6.92 Å². The van der Waals surface area contributed by atoms with Crippen LogP contribution in [0.1, 0.15) is 36.8 Å². The molecule has 2 atom stereocenters. The molecule has 2 heteroatoms. The predicted molar refractivity (Wildman–Crippen MR) is 65.0 cm³/mol. The molecule has 0 spiro atoms. The number of hydrogen-bond acceptors (Lipinski definition) is 1. The van der Waals surface area contributed by atoms with Crippen molar-refractivity contribution in [2.75, 3.05) is 0 Å². The van der Waals surface area contributed by atoms with Crippen molar-refractivity contribution in [3.05, 3.63) is 33.8 Å². The number of aryl methyl sites for hydroxylation is 1. The van der Waals surface area contributed by atoms with E-state index in [2.05, 4.69) is 41.1 Å². The summed E-state index contributed by atoms with van der Waals surface area (Å²) in [5.41, 5.74) is 2.54. The minimum absolute atomic E-state index is 0.194. The van der Waals surface area contributed by atoms with Gasteiger partial charge < -0.3 is 0 Å². The van der Waals surface area contributed by atoms with Crippen LogP contribution < -0.4 is 0 Å². The van der Waals surface area contributed by atoms with E-state index >= 15 is 0 Å². The molecule has 0 radical (unpaired) electrons. The van der Waals surface area contributed by atoms with Crippen LogP contribution in [0, 0.1) is 12.8 Å². The Hall–Kier alpha value is -0.630. The Bertz CT molecular complexity index is 398. The molecule has 2 rings (SSSR count). The Kier molecular flexibility index (Phi) is 2.96. The normalized spacial score (nSPS) is 25.9. The van der Waals surface area contributed by atoms with Gasteiger partial charge in [0, 0.05) is 16.8 Å². The highest BCUT2D eigenvalue weighted by atomic mass is 79.9. The van der Waals surface area contributed by atoms with Gasteiger partial charge in [0.05, 0.1) is 0 Å². The first kappa shape index (κ1) is 10.9. The third-order valence-electron chi connectivity index (χ3n) is 3.44. The zero-order chi connectivity index (χ0) is 11.0. The first-order valence-electron chi connectivity index (χ1n) is 5.38. The fraction of sp³-hybridized carbons (Fsp3) is 0.462. The molecule has 1 aromatic rings. The molecule has 0 aliphatic heterocycles. The lowest BCUT2D eigenvalue weighted by molar-refractivity contribution is -0.120. The van der Waals surface area contributed by atoms with Crippen LogP contribution in [0.2, 0.25) is 0 Å². The van der Waals surface area contributed by atoms with Gasteiger partial charge in [0.15, 0.2) is 0 Å². The maximum Gasteiger partial charge on any atom is 0.136 e. The number of benzene rings is 1. The van der Waals surface area contributed by atoms with Crippen molar-refractivity contribution in [1.82, 2.24) is 0 Å². The summed E-state index contributed by atoms with van der Waals surface area (Å²) in [5, 5.41) is 0. The van der Waals surface area contributed by atoms with Crippen LogP contribution >= 0.6 is 15.9 Å². The minimum Gasteiger partial charge on any atom is -0.299 e. The first-order valence-corrected chi connectivity index (χ1v) is 6.17. The molecule has 0 heterocycles. The van der Waals surface area contributed by atoms with Crippen LogP contribution in [-0.4, -0.2) is 5.78 Å². The predicted octanol–water partition coefficient (Wildman–Crippen LogP) is 3.84. The second-order valence-electron chi connectivity index (χ2n) is 4.41. The average Bonchev–Trinajstić information content (AvgIpc) is 2.53. The second-order valence-corrected chi connectivity index (χ2v) is 5.26. The molecule has 15 heavy (non-hydrogen) atoms. The van der Waals surface area contributed by atoms with Gasteiger partial charge in [-0.3, -0.25) is 4.79 Å². The van der Waals surface area contributed by atoms with Crippen molar-refractivity contribution in [3.8, 4) is 0 Å². The third kappa shape index (κ3) is 2.00. The lowest BCUT2D eigenvalue weighted by Gasteiger charge is -2.15. The Morgan fingerprint density at radius 1 is 1.40 bits per heavy atom. The van der Waals surface area contributed by atoms with Crippen molar-refractivity contribution in [2.45, 2.75) is 32.6 Å². The zero-order valence-corrected chi connectivity index (χ0v) is 10.7. The van der Waals surface area contributed by atoms with Crippen molar-refractivity contribution in [2.24, 2.45) is 5.92 Å². The number of carbonyl (C=O) groups excluding carboxylic acids is 1. The van der Waals surface area contributed by atoms with Gasteiger partial charge in [-0.15, -0.1) is 0 Å². The smallest absolute Gasteiger partial charge is 0.136 e. The van der Waals surface area contributed by atoms with E-state index in [1.54, 1.807) is 0 Å². The highest BCUT2D eigenvalue weighted by Gasteiger charge is 2.31. The van der Waals surface area contributed by atoms with Crippen molar-refractivity contribution >= 4 is 21.7 Å². The van der Waals surface area contributed by atoms with Gasteiger partial charge in [0.1, 0.15) is 5.78 Å². The van der Waals surface area contributed by atoms with E-state index in [0.29, 0.717) is 11.7 Å². The molecule has 0 saturated heterocycles. The SMILES string of the molecule is Cc1ccc(C2CCC(=O)C2C)cc1Br. The van der Waals surface area contributed by atoms with Gasteiger partial charge in [-0.2, -0.15) is 0 Å². The number of rotatable bonds is 1. The highest BCUT2D eigenvalue weighted by Crippen LogP contribution is 2.38. The summed E-state index contributed by atoms with van der Waals surface area (Å²) < 4.78 is 1.14. The van der Waals surface area contributed by atoms with Gasteiger partial charge in [-0.25, -0.2) is 0 Å². The van der Waals surface area contributed by atoms with Gasteiger partial charge in [-0.1, -0.05) is 35.0 Å². The number of hydrogen-bond donors (Lipinski definition) is 0. The van der Waals surface area contributed by atoms with Crippen LogP contribution in [0.4, 0.5) is 0 Å². The molecule has 1 aromatic carbocycles. The van der Waals surface area contributed by atoms with Crippen LogP contribution in [0.15, 0.2) is 22.7 Å². The average molecular weight is 267 g/mol. The second kappa shape index (κ2) is 4.09. The molecule has 1 saturated carbocycles. The largest absolute Gasteiger partial charge is 0.299 e. The van der Waals surface area contributed by atoms with Gasteiger partial charge in [0.25, 0.3) is 0 Å². The van der Waals surface area contributed by atoms with Gasteiger partial charge in [-0.05, 0) is 36.5 Å². The molecular formula is C13H15BrO. The zero-order valence-electron chi connectivity index (χ0n) is 9.09. The number of carbonyl (C=O) groups is 1. The van der Waals surface area contributed by atoms with Crippen molar-refractivity contribution in [1.29, 1.82) is 0 Å². The molecule has 0 bridgehead atoms. The molecule has 0 N–H and O–H groups in total. The van der Waals surface area contributed by atoms with Crippen LogP contribution in [0.25, 0.3) is 0 Å². The quantitative estimate of drug-likeness (QED) is 0.755. The molecule has 0 amide bonds. The third-order valence-corrected chi connectivity index (χ3v) is 4.29. The van der Waals surface area contributed by atoms with E-state index in [9.17, 15) is 4.79 Å². The molecular weight excluding hydrogens is 252 g/mol. The summed E-state index contributed by atoms with van der Waals surface area (Å²) >= 11 is 3.54. The van der Waals surface area contributed by atoms with Gasteiger partial charge in [0.2, 0.25) is 0 Å². The molecule has 0 aromatic heterocycles. The minimum atomic E-state index is 0.194. The highest BCUT2D eigenvalue weighted by molar-refractivity contribution is 9.10. The van der Waals surface area contributed by atoms with E-state index in [0.717, 1.165) is 17.3 Å².